The summed E-state index contributed by atoms with van der Waals surface area (Å²) in [6.45, 7) is 7.24. The number of aliphatic carboxylic acids is 1. The first-order chi connectivity index (χ1) is 6.25. The average molecular weight is 201 g/mol. The van der Waals surface area contributed by atoms with Crippen molar-refractivity contribution in [1.82, 2.24) is 5.32 Å². The molecule has 82 valence electrons. The van der Waals surface area contributed by atoms with E-state index in [0.717, 1.165) is 0 Å². The highest BCUT2D eigenvalue weighted by Crippen LogP contribution is 2.13. The maximum Gasteiger partial charge on any atom is 0.310 e. The second kappa shape index (κ2) is 4.98. The van der Waals surface area contributed by atoms with Gasteiger partial charge < -0.3 is 10.4 Å². The lowest BCUT2D eigenvalue weighted by Gasteiger charge is -2.19. The Labute approximate surface area is 84.7 Å². The number of carboxylic acid groups (broad SMARTS) is 1. The van der Waals surface area contributed by atoms with Gasteiger partial charge in [-0.1, -0.05) is 13.8 Å². The van der Waals surface area contributed by atoms with Crippen molar-refractivity contribution in [2.45, 2.75) is 34.1 Å². The van der Waals surface area contributed by atoms with Gasteiger partial charge in [-0.05, 0) is 19.8 Å². The van der Waals surface area contributed by atoms with Gasteiger partial charge in [0, 0.05) is 13.0 Å². The minimum Gasteiger partial charge on any atom is -0.481 e. The average Bonchev–Trinajstić information content (AvgIpc) is 1.99. The molecule has 0 fully saturated rings. The van der Waals surface area contributed by atoms with Crippen molar-refractivity contribution < 1.29 is 14.7 Å². The molecule has 0 saturated carbocycles. The number of carbonyl (C=O) groups excluding carboxylic acids is 1. The highest BCUT2D eigenvalue weighted by Gasteiger charge is 2.27. The third kappa shape index (κ3) is 4.84. The van der Waals surface area contributed by atoms with E-state index in [4.69, 9.17) is 5.11 Å². The van der Waals surface area contributed by atoms with Gasteiger partial charge in [0.25, 0.3) is 0 Å². The van der Waals surface area contributed by atoms with E-state index in [0.29, 0.717) is 12.3 Å². The quantitative estimate of drug-likeness (QED) is 0.703. The minimum atomic E-state index is -0.901. The molecule has 14 heavy (non-hydrogen) atoms. The van der Waals surface area contributed by atoms with E-state index in [-0.39, 0.29) is 12.5 Å². The first-order valence-corrected chi connectivity index (χ1v) is 4.76. The Balaban J connectivity index is 3.94. The van der Waals surface area contributed by atoms with Crippen LogP contribution in [0.3, 0.4) is 0 Å². The summed E-state index contributed by atoms with van der Waals surface area (Å²) in [6, 6.07) is 0. The van der Waals surface area contributed by atoms with Gasteiger partial charge in [0.15, 0.2) is 0 Å². The van der Waals surface area contributed by atoms with Gasteiger partial charge in [-0.25, -0.2) is 0 Å². The highest BCUT2D eigenvalue weighted by atomic mass is 16.4. The minimum absolute atomic E-state index is 0.0886. The van der Waals surface area contributed by atoms with Crippen LogP contribution < -0.4 is 5.32 Å². The molecule has 0 aliphatic heterocycles. The summed E-state index contributed by atoms with van der Waals surface area (Å²) in [7, 11) is 0. The van der Waals surface area contributed by atoms with E-state index in [2.05, 4.69) is 5.32 Å². The summed E-state index contributed by atoms with van der Waals surface area (Å²) < 4.78 is 0. The summed E-state index contributed by atoms with van der Waals surface area (Å²) in [6.07, 6.45) is 0.440. The zero-order chi connectivity index (χ0) is 11.4. The summed E-state index contributed by atoms with van der Waals surface area (Å²) in [5.74, 6) is -0.695. The smallest absolute Gasteiger partial charge is 0.310 e. The number of carbonyl (C=O) groups is 2. The Bertz CT molecular complexity index is 221. The molecule has 0 rings (SSSR count). The number of rotatable bonds is 5. The van der Waals surface area contributed by atoms with Crippen LogP contribution in [0.5, 0.6) is 0 Å². The second-order valence-electron chi connectivity index (χ2n) is 4.56. The summed E-state index contributed by atoms with van der Waals surface area (Å²) in [5, 5.41) is 11.4. The van der Waals surface area contributed by atoms with E-state index < -0.39 is 11.4 Å². The fraction of sp³-hybridized carbons (Fsp3) is 0.800. The molecule has 0 heterocycles. The fourth-order valence-electron chi connectivity index (χ4n) is 0.838. The molecule has 0 aromatic rings. The van der Waals surface area contributed by atoms with Crippen LogP contribution in [-0.4, -0.2) is 23.5 Å². The van der Waals surface area contributed by atoms with Crippen LogP contribution in [0.1, 0.15) is 34.1 Å². The van der Waals surface area contributed by atoms with E-state index in [1.54, 1.807) is 13.8 Å². The van der Waals surface area contributed by atoms with Gasteiger partial charge in [-0.3, -0.25) is 9.59 Å². The van der Waals surface area contributed by atoms with Crippen LogP contribution in [0, 0.1) is 11.3 Å². The number of amides is 1. The number of hydrogen-bond acceptors (Lipinski definition) is 2. The first kappa shape index (κ1) is 12.9. The van der Waals surface area contributed by atoms with E-state index in [1.165, 1.54) is 0 Å². The Morgan fingerprint density at radius 1 is 1.36 bits per heavy atom. The first-order valence-electron chi connectivity index (χ1n) is 4.76. The molecule has 2 N–H and O–H groups in total. The van der Waals surface area contributed by atoms with Gasteiger partial charge in [0.1, 0.15) is 0 Å². The summed E-state index contributed by atoms with van der Waals surface area (Å²) in [4.78, 5) is 21.9. The number of hydrogen-bond donors (Lipinski definition) is 2. The standard InChI is InChI=1S/C10H19NO3/c1-7(2)5-8(12)11-6-10(3,4)9(13)14/h7H,5-6H2,1-4H3,(H,11,12)(H,13,14). The normalized spacial score (nSPS) is 11.5. The molecule has 0 unspecified atom stereocenters. The van der Waals surface area contributed by atoms with Crippen LogP contribution in [0.25, 0.3) is 0 Å². The Morgan fingerprint density at radius 3 is 2.21 bits per heavy atom. The van der Waals surface area contributed by atoms with Crippen molar-refractivity contribution in [2.24, 2.45) is 11.3 Å². The molecule has 0 spiro atoms. The van der Waals surface area contributed by atoms with Gasteiger partial charge in [0.2, 0.25) is 5.91 Å². The molecule has 4 heteroatoms. The van der Waals surface area contributed by atoms with Crippen molar-refractivity contribution in [3.8, 4) is 0 Å². The zero-order valence-electron chi connectivity index (χ0n) is 9.26. The lowest BCUT2D eigenvalue weighted by atomic mass is 9.94. The largest absolute Gasteiger partial charge is 0.481 e. The molecule has 4 nitrogen and oxygen atoms in total. The van der Waals surface area contributed by atoms with Gasteiger partial charge in [0.05, 0.1) is 5.41 Å². The van der Waals surface area contributed by atoms with Crippen LogP contribution in [-0.2, 0) is 9.59 Å². The maximum atomic E-state index is 11.2. The SMILES string of the molecule is CC(C)CC(=O)NCC(C)(C)C(=O)O. The predicted molar refractivity (Wildman–Crippen MR) is 53.9 cm³/mol. The lowest BCUT2D eigenvalue weighted by molar-refractivity contribution is -0.146. The molecule has 0 bridgehead atoms. The molecule has 0 atom stereocenters. The van der Waals surface area contributed by atoms with Crippen LogP contribution in [0.4, 0.5) is 0 Å². The van der Waals surface area contributed by atoms with Gasteiger partial charge in [-0.2, -0.15) is 0 Å². The molecule has 0 aliphatic carbocycles. The van der Waals surface area contributed by atoms with E-state index >= 15 is 0 Å². The molecule has 0 saturated heterocycles. The van der Waals surface area contributed by atoms with Crippen LogP contribution in [0.2, 0.25) is 0 Å². The van der Waals surface area contributed by atoms with Crippen molar-refractivity contribution >= 4 is 11.9 Å². The Hall–Kier alpha value is -1.06. The van der Waals surface area contributed by atoms with Crippen LogP contribution in [0.15, 0.2) is 0 Å². The van der Waals surface area contributed by atoms with Crippen molar-refractivity contribution in [2.75, 3.05) is 6.54 Å². The molecular formula is C10H19NO3. The van der Waals surface area contributed by atoms with Crippen molar-refractivity contribution in [3.63, 3.8) is 0 Å². The molecule has 0 radical (unpaired) electrons. The third-order valence-electron chi connectivity index (χ3n) is 1.90. The van der Waals surface area contributed by atoms with E-state index in [9.17, 15) is 9.59 Å². The molecule has 0 aromatic heterocycles. The Morgan fingerprint density at radius 2 is 1.86 bits per heavy atom. The van der Waals surface area contributed by atoms with Crippen molar-refractivity contribution in [3.05, 3.63) is 0 Å². The third-order valence-corrected chi connectivity index (χ3v) is 1.90. The molecule has 1 amide bonds. The number of nitrogens with one attached hydrogen (secondary N) is 1. The second-order valence-corrected chi connectivity index (χ2v) is 4.56. The highest BCUT2D eigenvalue weighted by molar-refractivity contribution is 5.78. The molecule has 0 aromatic carbocycles. The fourth-order valence-corrected chi connectivity index (χ4v) is 0.838. The van der Waals surface area contributed by atoms with Gasteiger partial charge in [-0.15, -0.1) is 0 Å². The van der Waals surface area contributed by atoms with Gasteiger partial charge >= 0.3 is 5.97 Å². The summed E-state index contributed by atoms with van der Waals surface area (Å²) >= 11 is 0. The summed E-state index contributed by atoms with van der Waals surface area (Å²) in [5.41, 5.74) is -0.896. The van der Waals surface area contributed by atoms with Crippen LogP contribution >= 0.6 is 0 Å². The monoisotopic (exact) mass is 201 g/mol. The zero-order valence-corrected chi connectivity index (χ0v) is 9.26. The van der Waals surface area contributed by atoms with E-state index in [1.807, 2.05) is 13.8 Å². The molecular weight excluding hydrogens is 182 g/mol. The topological polar surface area (TPSA) is 66.4 Å². The van der Waals surface area contributed by atoms with Crippen molar-refractivity contribution in [1.29, 1.82) is 0 Å². The molecule has 0 aliphatic rings. The maximum absolute atomic E-state index is 11.2. The number of carboxylic acids is 1. The Kier molecular flexibility index (Phi) is 4.60. The predicted octanol–water partition coefficient (Wildman–Crippen LogP) is 1.26. The lowest BCUT2D eigenvalue weighted by Crippen LogP contribution is -2.39.